The zero-order valence-corrected chi connectivity index (χ0v) is 19.4. The van der Waals surface area contributed by atoms with Gasteiger partial charge < -0.3 is 14.6 Å². The van der Waals surface area contributed by atoms with E-state index < -0.39 is 35.6 Å². The maximum absolute atomic E-state index is 13.2. The zero-order chi connectivity index (χ0) is 26.0. The lowest BCUT2D eigenvalue weighted by molar-refractivity contribution is -0.274. The number of hydrogen-bond donors (Lipinski definition) is 1. The maximum Gasteiger partial charge on any atom is 0.573 e. The third-order valence-electron chi connectivity index (χ3n) is 5.30. The molecular formula is C25H18ClF3N2O5. The van der Waals surface area contributed by atoms with Gasteiger partial charge in [0, 0.05) is 23.6 Å². The Balaban J connectivity index is 1.84. The van der Waals surface area contributed by atoms with Crippen molar-refractivity contribution in [3.63, 3.8) is 0 Å². The van der Waals surface area contributed by atoms with Crippen molar-refractivity contribution >= 4 is 34.7 Å². The van der Waals surface area contributed by atoms with E-state index in [0.717, 1.165) is 17.0 Å². The molecule has 4 rings (SSSR count). The first kappa shape index (κ1) is 25.1. The SMILES string of the molecule is CCOc1cc(/C(O)=C2/C(=O)C(=O)N(c3ccc(OC(F)(F)F)cc3)C2c2cccnc2)ccc1Cl. The molecule has 0 saturated carbocycles. The van der Waals surface area contributed by atoms with Gasteiger partial charge in [0.25, 0.3) is 11.7 Å². The summed E-state index contributed by atoms with van der Waals surface area (Å²) in [5.74, 6) is -2.65. The van der Waals surface area contributed by atoms with Crippen LogP contribution < -0.4 is 14.4 Å². The number of aliphatic hydroxyl groups is 1. The molecule has 2 heterocycles. The molecule has 1 aliphatic rings. The van der Waals surface area contributed by atoms with Gasteiger partial charge in [0.05, 0.1) is 23.2 Å². The van der Waals surface area contributed by atoms with E-state index in [9.17, 15) is 27.9 Å². The molecule has 7 nitrogen and oxygen atoms in total. The van der Waals surface area contributed by atoms with Crippen LogP contribution >= 0.6 is 11.6 Å². The monoisotopic (exact) mass is 518 g/mol. The molecule has 1 unspecified atom stereocenters. The van der Waals surface area contributed by atoms with Crippen LogP contribution in [-0.2, 0) is 9.59 Å². The van der Waals surface area contributed by atoms with Crippen molar-refractivity contribution in [1.82, 2.24) is 4.98 Å². The van der Waals surface area contributed by atoms with E-state index in [0.29, 0.717) is 17.2 Å². The van der Waals surface area contributed by atoms with Gasteiger partial charge in [0.2, 0.25) is 0 Å². The normalized spacial score (nSPS) is 17.4. The van der Waals surface area contributed by atoms with Crippen LogP contribution in [0.4, 0.5) is 18.9 Å². The standard InChI is InChI=1S/C25H18ClF3N2O5/c1-2-35-19-12-14(5-10-18(19)26)22(32)20-21(15-4-3-11-30-13-15)31(24(34)23(20)33)16-6-8-17(9-7-16)36-25(27,28)29/h3-13,21,32H,2H2,1H3/b22-20-. The first-order valence-electron chi connectivity index (χ1n) is 10.6. The van der Waals surface area contributed by atoms with Crippen molar-refractivity contribution in [3.8, 4) is 11.5 Å². The molecule has 1 atom stereocenters. The second kappa shape index (κ2) is 9.90. The van der Waals surface area contributed by atoms with Gasteiger partial charge in [-0.2, -0.15) is 0 Å². The number of rotatable bonds is 6. The molecular weight excluding hydrogens is 501 g/mol. The number of carbonyl (C=O) groups is 2. The molecule has 2 aromatic carbocycles. The first-order chi connectivity index (χ1) is 17.1. The number of anilines is 1. The Morgan fingerprint density at radius 3 is 2.47 bits per heavy atom. The Hall–Kier alpha value is -4.05. The van der Waals surface area contributed by atoms with Crippen molar-refractivity contribution in [3.05, 3.63) is 88.7 Å². The lowest BCUT2D eigenvalue weighted by atomic mass is 9.96. The number of alkyl halides is 3. The molecule has 36 heavy (non-hydrogen) atoms. The second-order valence-corrected chi connectivity index (χ2v) is 7.98. The van der Waals surface area contributed by atoms with E-state index in [1.54, 1.807) is 19.1 Å². The molecule has 1 aliphatic heterocycles. The van der Waals surface area contributed by atoms with E-state index in [1.807, 2.05) is 0 Å². The summed E-state index contributed by atoms with van der Waals surface area (Å²) < 4.78 is 47.0. The fourth-order valence-electron chi connectivity index (χ4n) is 3.83. The number of aliphatic hydroxyl groups excluding tert-OH is 1. The van der Waals surface area contributed by atoms with Gasteiger partial charge in [-0.15, -0.1) is 13.2 Å². The van der Waals surface area contributed by atoms with Crippen LogP contribution in [0.15, 0.2) is 72.6 Å². The lowest BCUT2D eigenvalue weighted by Gasteiger charge is -2.25. The highest BCUT2D eigenvalue weighted by Crippen LogP contribution is 2.43. The van der Waals surface area contributed by atoms with Gasteiger partial charge in [-0.1, -0.05) is 17.7 Å². The van der Waals surface area contributed by atoms with E-state index >= 15 is 0 Å². The average Bonchev–Trinajstić information content (AvgIpc) is 3.11. The maximum atomic E-state index is 13.2. The minimum absolute atomic E-state index is 0.116. The van der Waals surface area contributed by atoms with Crippen molar-refractivity contribution in [2.75, 3.05) is 11.5 Å². The number of amides is 1. The molecule has 1 N–H and O–H groups in total. The molecule has 3 aromatic rings. The van der Waals surface area contributed by atoms with Crippen LogP contribution in [0.25, 0.3) is 5.76 Å². The van der Waals surface area contributed by atoms with Crippen LogP contribution in [0, 0.1) is 0 Å². The van der Waals surface area contributed by atoms with Crippen molar-refractivity contribution in [2.45, 2.75) is 19.3 Å². The van der Waals surface area contributed by atoms with E-state index in [2.05, 4.69) is 9.72 Å². The number of nitrogens with zero attached hydrogens (tertiary/aromatic N) is 2. The Labute approximate surface area is 208 Å². The largest absolute Gasteiger partial charge is 0.573 e. The highest BCUT2D eigenvalue weighted by Gasteiger charge is 2.47. The smallest absolute Gasteiger partial charge is 0.507 e. The Bertz CT molecular complexity index is 1330. The van der Waals surface area contributed by atoms with Crippen molar-refractivity contribution < 1.29 is 37.3 Å². The Morgan fingerprint density at radius 2 is 1.86 bits per heavy atom. The summed E-state index contributed by atoms with van der Waals surface area (Å²) in [6.45, 7) is 2.06. The molecule has 0 aliphatic carbocycles. The number of ketones is 1. The number of carbonyl (C=O) groups excluding carboxylic acids is 2. The molecule has 186 valence electrons. The molecule has 0 spiro atoms. The Morgan fingerprint density at radius 1 is 1.14 bits per heavy atom. The highest BCUT2D eigenvalue weighted by molar-refractivity contribution is 6.51. The second-order valence-electron chi connectivity index (χ2n) is 7.58. The minimum atomic E-state index is -4.89. The molecule has 1 fully saturated rings. The third kappa shape index (κ3) is 4.99. The van der Waals surface area contributed by atoms with Crippen molar-refractivity contribution in [2.24, 2.45) is 0 Å². The fraction of sp³-hybridized carbons (Fsp3) is 0.160. The number of benzene rings is 2. The van der Waals surface area contributed by atoms with Crippen LogP contribution in [-0.4, -0.2) is 34.8 Å². The number of pyridine rings is 1. The summed E-state index contributed by atoms with van der Waals surface area (Å²) in [5.41, 5.74) is 0.468. The predicted octanol–water partition coefficient (Wildman–Crippen LogP) is 5.66. The van der Waals surface area contributed by atoms with Crippen molar-refractivity contribution in [1.29, 1.82) is 0 Å². The molecule has 1 saturated heterocycles. The number of aromatic nitrogens is 1. The fourth-order valence-corrected chi connectivity index (χ4v) is 4.00. The molecule has 0 bridgehead atoms. The van der Waals surface area contributed by atoms with Gasteiger partial charge in [-0.3, -0.25) is 19.5 Å². The first-order valence-corrected chi connectivity index (χ1v) is 11.0. The van der Waals surface area contributed by atoms with Gasteiger partial charge in [-0.25, -0.2) is 0 Å². The molecule has 1 amide bonds. The number of ether oxygens (including phenoxy) is 2. The topological polar surface area (TPSA) is 89.0 Å². The summed E-state index contributed by atoms with van der Waals surface area (Å²) in [6.07, 6.45) is -1.97. The van der Waals surface area contributed by atoms with Gasteiger partial charge >= 0.3 is 6.36 Å². The van der Waals surface area contributed by atoms with Gasteiger partial charge in [0.1, 0.15) is 17.3 Å². The van der Waals surface area contributed by atoms with Gasteiger partial charge in [-0.05, 0) is 61.0 Å². The molecule has 11 heteroatoms. The van der Waals surface area contributed by atoms with Crippen LogP contribution in [0.1, 0.15) is 24.1 Å². The summed E-state index contributed by atoms with van der Waals surface area (Å²) in [6, 6.07) is 11.0. The summed E-state index contributed by atoms with van der Waals surface area (Å²) in [4.78, 5) is 31.4. The lowest BCUT2D eigenvalue weighted by Crippen LogP contribution is -2.29. The van der Waals surface area contributed by atoms with Crippen LogP contribution in [0.5, 0.6) is 11.5 Å². The predicted molar refractivity (Wildman–Crippen MR) is 125 cm³/mol. The Kier molecular flexibility index (Phi) is 6.89. The van der Waals surface area contributed by atoms with Crippen LogP contribution in [0.2, 0.25) is 5.02 Å². The van der Waals surface area contributed by atoms with Gasteiger partial charge in [0.15, 0.2) is 0 Å². The van der Waals surface area contributed by atoms with Crippen LogP contribution in [0.3, 0.4) is 0 Å². The van der Waals surface area contributed by atoms with E-state index in [1.165, 1.54) is 42.7 Å². The summed E-state index contributed by atoms with van der Waals surface area (Å²) in [5, 5.41) is 11.5. The summed E-state index contributed by atoms with van der Waals surface area (Å²) in [7, 11) is 0. The number of Topliss-reactive ketones (excluding diaryl/α,β-unsaturated/α-hetero) is 1. The number of halogens is 4. The highest BCUT2D eigenvalue weighted by atomic mass is 35.5. The third-order valence-corrected chi connectivity index (χ3v) is 5.61. The van der Waals surface area contributed by atoms with E-state index in [-0.39, 0.29) is 22.6 Å². The molecule has 0 radical (unpaired) electrons. The quantitative estimate of drug-likeness (QED) is 0.257. The summed E-state index contributed by atoms with van der Waals surface area (Å²) >= 11 is 6.13. The minimum Gasteiger partial charge on any atom is -0.507 e. The molecule has 1 aromatic heterocycles. The van der Waals surface area contributed by atoms with E-state index in [4.69, 9.17) is 16.3 Å². The average molecular weight is 519 g/mol. The zero-order valence-electron chi connectivity index (χ0n) is 18.6. The number of hydrogen-bond acceptors (Lipinski definition) is 6.